The third-order valence-corrected chi connectivity index (χ3v) is 2.66. The molecule has 0 aliphatic heterocycles. The van der Waals surface area contributed by atoms with E-state index in [-0.39, 0.29) is 0 Å². The van der Waals surface area contributed by atoms with Gasteiger partial charge in [-0.3, -0.25) is 0 Å². The lowest BCUT2D eigenvalue weighted by Gasteiger charge is -2.13. The molecule has 0 saturated carbocycles. The highest BCUT2D eigenvalue weighted by Crippen LogP contribution is 2.14. The minimum absolute atomic E-state index is 0.403. The quantitative estimate of drug-likeness (QED) is 0.683. The lowest BCUT2D eigenvalue weighted by molar-refractivity contribution is 0.362. The Morgan fingerprint density at radius 1 is 1.35 bits per heavy atom. The van der Waals surface area contributed by atoms with Gasteiger partial charge in [0.25, 0.3) is 0 Å². The first-order chi connectivity index (χ1) is 8.13. The van der Waals surface area contributed by atoms with Crippen molar-refractivity contribution in [2.24, 2.45) is 0 Å². The summed E-state index contributed by atoms with van der Waals surface area (Å²) in [6.07, 6.45) is 1.17. The Morgan fingerprint density at radius 2 is 2.12 bits per heavy atom. The van der Waals surface area contributed by atoms with Crippen LogP contribution in [-0.4, -0.2) is 24.3 Å². The van der Waals surface area contributed by atoms with Crippen molar-refractivity contribution in [3.63, 3.8) is 0 Å². The summed E-state index contributed by atoms with van der Waals surface area (Å²) in [5, 5.41) is 10.9. The van der Waals surface area contributed by atoms with Crippen molar-refractivity contribution in [2.45, 2.75) is 52.6 Å². The van der Waals surface area contributed by atoms with Gasteiger partial charge in [-0.05, 0) is 19.9 Å². The van der Waals surface area contributed by atoms with E-state index in [0.717, 1.165) is 31.1 Å². The molecule has 0 aliphatic rings. The summed E-state index contributed by atoms with van der Waals surface area (Å²) < 4.78 is 5.25. The van der Waals surface area contributed by atoms with E-state index in [1.165, 1.54) is 6.42 Å². The predicted molar refractivity (Wildman–Crippen MR) is 70.1 cm³/mol. The highest BCUT2D eigenvalue weighted by atomic mass is 16.5. The highest BCUT2D eigenvalue weighted by molar-refractivity contribution is 5.08. The number of hydrogen-bond acceptors (Lipinski definition) is 4. The Kier molecular flexibility index (Phi) is 6.22. The summed E-state index contributed by atoms with van der Waals surface area (Å²) >= 11 is 0. The predicted octanol–water partition coefficient (Wildman–Crippen LogP) is 2.28. The van der Waals surface area contributed by atoms with Gasteiger partial charge < -0.3 is 15.2 Å². The Bertz CT molecular complexity index is 309. The topological polar surface area (TPSA) is 50.1 Å². The third kappa shape index (κ3) is 5.33. The van der Waals surface area contributed by atoms with Gasteiger partial charge >= 0.3 is 0 Å². The molecule has 1 unspecified atom stereocenters. The molecular formula is C13H25N3O. The van der Waals surface area contributed by atoms with E-state index in [9.17, 15) is 0 Å². The number of nitrogens with zero attached hydrogens (tertiary/aromatic N) is 1. The fourth-order valence-electron chi connectivity index (χ4n) is 1.53. The molecule has 0 saturated heterocycles. The summed E-state index contributed by atoms with van der Waals surface area (Å²) in [6.45, 7) is 11.4. The number of nitrogens with one attached hydrogen (secondary N) is 2. The molecule has 1 aromatic heterocycles. The zero-order valence-electron chi connectivity index (χ0n) is 11.4. The molecular weight excluding hydrogens is 214 g/mol. The van der Waals surface area contributed by atoms with E-state index in [4.69, 9.17) is 4.52 Å². The van der Waals surface area contributed by atoms with Gasteiger partial charge in [0.2, 0.25) is 0 Å². The smallest absolute Gasteiger partial charge is 0.139 e. The van der Waals surface area contributed by atoms with E-state index < -0.39 is 0 Å². The molecule has 17 heavy (non-hydrogen) atoms. The van der Waals surface area contributed by atoms with Gasteiger partial charge in [0.05, 0.1) is 5.69 Å². The Morgan fingerprint density at radius 3 is 2.71 bits per heavy atom. The highest BCUT2D eigenvalue weighted by Gasteiger charge is 2.08. The molecule has 0 aromatic carbocycles. The standard InChI is InChI=1S/C13H25N3O/c1-5-6-14-8-11(4)15-9-12-7-13(10(2)3)17-16-12/h7,10-11,14-15H,5-6,8-9H2,1-4H3. The first kappa shape index (κ1) is 14.2. The second kappa shape index (κ2) is 7.45. The van der Waals surface area contributed by atoms with Crippen LogP contribution in [-0.2, 0) is 6.54 Å². The number of rotatable bonds is 8. The van der Waals surface area contributed by atoms with E-state index in [1.807, 2.05) is 6.07 Å². The van der Waals surface area contributed by atoms with Gasteiger partial charge in [-0.2, -0.15) is 0 Å². The van der Waals surface area contributed by atoms with Gasteiger partial charge in [0.1, 0.15) is 5.76 Å². The number of aromatic nitrogens is 1. The second-order valence-corrected chi connectivity index (χ2v) is 4.86. The van der Waals surface area contributed by atoms with Crippen LogP contribution in [0.3, 0.4) is 0 Å². The van der Waals surface area contributed by atoms with Crippen molar-refractivity contribution < 1.29 is 4.52 Å². The first-order valence-electron chi connectivity index (χ1n) is 6.53. The maximum atomic E-state index is 5.25. The van der Waals surface area contributed by atoms with Crippen LogP contribution in [0.15, 0.2) is 10.6 Å². The van der Waals surface area contributed by atoms with Crippen molar-refractivity contribution in [1.82, 2.24) is 15.8 Å². The summed E-state index contributed by atoms with van der Waals surface area (Å²) in [5.41, 5.74) is 0.982. The minimum atomic E-state index is 0.403. The molecule has 2 N–H and O–H groups in total. The zero-order valence-corrected chi connectivity index (χ0v) is 11.4. The molecule has 1 atom stereocenters. The normalized spacial score (nSPS) is 13.2. The Hall–Kier alpha value is -0.870. The fraction of sp³-hybridized carbons (Fsp3) is 0.769. The molecule has 0 radical (unpaired) electrons. The van der Waals surface area contributed by atoms with Gasteiger partial charge in [-0.1, -0.05) is 25.9 Å². The van der Waals surface area contributed by atoms with Gasteiger partial charge in [-0.15, -0.1) is 0 Å². The van der Waals surface area contributed by atoms with Gasteiger partial charge in [0.15, 0.2) is 0 Å². The maximum absolute atomic E-state index is 5.25. The van der Waals surface area contributed by atoms with Crippen LogP contribution < -0.4 is 10.6 Å². The maximum Gasteiger partial charge on any atom is 0.139 e. The molecule has 98 valence electrons. The second-order valence-electron chi connectivity index (χ2n) is 4.86. The fourth-order valence-corrected chi connectivity index (χ4v) is 1.53. The molecule has 1 rings (SSSR count). The van der Waals surface area contributed by atoms with Crippen LogP contribution in [0.5, 0.6) is 0 Å². The number of hydrogen-bond donors (Lipinski definition) is 2. The molecule has 1 heterocycles. The van der Waals surface area contributed by atoms with Gasteiger partial charge in [0, 0.05) is 31.1 Å². The molecule has 0 aliphatic carbocycles. The van der Waals surface area contributed by atoms with Crippen molar-refractivity contribution in [2.75, 3.05) is 13.1 Å². The lowest BCUT2D eigenvalue weighted by atomic mass is 10.1. The van der Waals surface area contributed by atoms with Crippen molar-refractivity contribution in [3.05, 3.63) is 17.5 Å². The molecule has 0 amide bonds. The SMILES string of the molecule is CCCNCC(C)NCc1cc(C(C)C)on1. The Balaban J connectivity index is 2.24. The minimum Gasteiger partial charge on any atom is -0.361 e. The van der Waals surface area contributed by atoms with Crippen molar-refractivity contribution in [3.8, 4) is 0 Å². The molecule has 0 fully saturated rings. The largest absolute Gasteiger partial charge is 0.361 e. The van der Waals surface area contributed by atoms with Crippen LogP contribution in [0.1, 0.15) is 51.5 Å². The van der Waals surface area contributed by atoms with Crippen molar-refractivity contribution in [1.29, 1.82) is 0 Å². The summed E-state index contributed by atoms with van der Waals surface area (Å²) in [6, 6.07) is 2.48. The molecule has 1 aromatic rings. The van der Waals surface area contributed by atoms with Crippen LogP contribution in [0, 0.1) is 0 Å². The third-order valence-electron chi connectivity index (χ3n) is 2.66. The molecule has 0 bridgehead atoms. The van der Waals surface area contributed by atoms with Crippen LogP contribution in [0.4, 0.5) is 0 Å². The Labute approximate surface area is 104 Å². The average Bonchev–Trinajstić information content (AvgIpc) is 2.75. The summed E-state index contributed by atoms with van der Waals surface area (Å²) in [4.78, 5) is 0. The van der Waals surface area contributed by atoms with E-state index in [2.05, 4.69) is 43.5 Å². The molecule has 4 heteroatoms. The van der Waals surface area contributed by atoms with Crippen LogP contribution in [0.25, 0.3) is 0 Å². The van der Waals surface area contributed by atoms with Gasteiger partial charge in [-0.25, -0.2) is 0 Å². The molecule has 0 spiro atoms. The summed E-state index contributed by atoms with van der Waals surface area (Å²) in [5.74, 6) is 1.36. The van der Waals surface area contributed by atoms with E-state index >= 15 is 0 Å². The first-order valence-corrected chi connectivity index (χ1v) is 6.53. The van der Waals surface area contributed by atoms with E-state index in [0.29, 0.717) is 12.0 Å². The average molecular weight is 239 g/mol. The lowest BCUT2D eigenvalue weighted by Crippen LogP contribution is -2.36. The molecule has 4 nitrogen and oxygen atoms in total. The van der Waals surface area contributed by atoms with Crippen LogP contribution in [0.2, 0.25) is 0 Å². The van der Waals surface area contributed by atoms with Crippen molar-refractivity contribution >= 4 is 0 Å². The van der Waals surface area contributed by atoms with E-state index in [1.54, 1.807) is 0 Å². The zero-order chi connectivity index (χ0) is 12.7. The summed E-state index contributed by atoms with van der Waals surface area (Å²) in [7, 11) is 0. The van der Waals surface area contributed by atoms with Crippen LogP contribution >= 0.6 is 0 Å². The monoisotopic (exact) mass is 239 g/mol.